The number of nitrogens with zero attached hydrogens (tertiary/aromatic N) is 2. The van der Waals surface area contributed by atoms with Gasteiger partial charge in [-0.05, 0) is 25.3 Å². The Morgan fingerprint density at radius 1 is 1.53 bits per heavy atom. The molecule has 2 rings (SSSR count). The van der Waals surface area contributed by atoms with Crippen molar-refractivity contribution in [1.82, 2.24) is 20.8 Å². The third-order valence-corrected chi connectivity index (χ3v) is 3.43. The zero-order valence-corrected chi connectivity index (χ0v) is 10.9. The highest BCUT2D eigenvalue weighted by Crippen LogP contribution is 2.24. The number of piperidine rings is 1. The number of aromatic nitrogens is 2. The summed E-state index contributed by atoms with van der Waals surface area (Å²) in [6.07, 6.45) is 1.98. The molecule has 0 saturated carbocycles. The highest BCUT2D eigenvalue weighted by atomic mass is 16.5. The van der Waals surface area contributed by atoms with E-state index in [4.69, 9.17) is 4.52 Å². The molecular formula is C12H22N4O. The van der Waals surface area contributed by atoms with Crippen LogP contribution < -0.4 is 10.6 Å². The summed E-state index contributed by atoms with van der Waals surface area (Å²) in [5, 5.41) is 10.8. The summed E-state index contributed by atoms with van der Waals surface area (Å²) in [5.74, 6) is 1.43. The number of nitrogens with one attached hydrogen (secondary N) is 2. The predicted octanol–water partition coefficient (Wildman–Crippen LogP) is 0.898. The summed E-state index contributed by atoms with van der Waals surface area (Å²) < 4.78 is 5.09. The lowest BCUT2D eigenvalue weighted by Gasteiger charge is -2.39. The molecule has 1 aliphatic heterocycles. The lowest BCUT2D eigenvalue weighted by Crippen LogP contribution is -2.53. The van der Waals surface area contributed by atoms with Crippen LogP contribution in [0, 0.1) is 12.3 Å². The summed E-state index contributed by atoms with van der Waals surface area (Å²) in [4.78, 5) is 4.20. The van der Waals surface area contributed by atoms with Gasteiger partial charge in [0.25, 0.3) is 0 Å². The second kappa shape index (κ2) is 5.14. The predicted molar refractivity (Wildman–Crippen MR) is 65.8 cm³/mol. The molecule has 1 saturated heterocycles. The van der Waals surface area contributed by atoms with E-state index in [0.717, 1.165) is 31.9 Å². The molecule has 0 aliphatic carbocycles. The molecule has 0 aromatic carbocycles. The Kier molecular flexibility index (Phi) is 3.79. The van der Waals surface area contributed by atoms with E-state index in [2.05, 4.69) is 34.6 Å². The van der Waals surface area contributed by atoms with Crippen LogP contribution in [0.2, 0.25) is 0 Å². The fraction of sp³-hybridized carbons (Fsp3) is 0.833. The van der Waals surface area contributed by atoms with E-state index in [9.17, 15) is 0 Å². The summed E-state index contributed by atoms with van der Waals surface area (Å²) in [5.41, 5.74) is 0.309. The molecule has 1 aliphatic rings. The largest absolute Gasteiger partial charge is 0.339 e. The minimum atomic E-state index is 0.309. The van der Waals surface area contributed by atoms with Crippen molar-refractivity contribution in [1.29, 1.82) is 0 Å². The van der Waals surface area contributed by atoms with E-state index in [-0.39, 0.29) is 0 Å². The highest BCUT2D eigenvalue weighted by molar-refractivity contribution is 4.91. The minimum Gasteiger partial charge on any atom is -0.339 e. The first kappa shape index (κ1) is 12.5. The molecular weight excluding hydrogens is 216 g/mol. The van der Waals surface area contributed by atoms with Gasteiger partial charge in [0.1, 0.15) is 0 Å². The van der Waals surface area contributed by atoms with Gasteiger partial charge in [-0.15, -0.1) is 0 Å². The van der Waals surface area contributed by atoms with Crippen molar-refractivity contribution in [3.05, 3.63) is 11.7 Å². The molecule has 2 N–H and O–H groups in total. The van der Waals surface area contributed by atoms with E-state index < -0.39 is 0 Å². The molecule has 0 amide bonds. The quantitative estimate of drug-likeness (QED) is 0.816. The van der Waals surface area contributed by atoms with Crippen molar-refractivity contribution in [2.24, 2.45) is 5.41 Å². The van der Waals surface area contributed by atoms with Gasteiger partial charge in [-0.25, -0.2) is 0 Å². The van der Waals surface area contributed by atoms with Gasteiger partial charge in [0, 0.05) is 25.6 Å². The summed E-state index contributed by atoms with van der Waals surface area (Å²) in [6.45, 7) is 9.51. The van der Waals surface area contributed by atoms with Gasteiger partial charge in [-0.3, -0.25) is 0 Å². The Balaban J connectivity index is 1.77. The third kappa shape index (κ3) is 3.26. The number of hydrogen-bond donors (Lipinski definition) is 2. The molecule has 1 unspecified atom stereocenters. The van der Waals surface area contributed by atoms with Crippen molar-refractivity contribution >= 4 is 0 Å². The first-order chi connectivity index (χ1) is 8.08. The minimum absolute atomic E-state index is 0.309. The van der Waals surface area contributed by atoms with Crippen molar-refractivity contribution in [3.63, 3.8) is 0 Å². The van der Waals surface area contributed by atoms with Crippen molar-refractivity contribution in [2.75, 3.05) is 19.6 Å². The van der Waals surface area contributed by atoms with Crippen molar-refractivity contribution < 1.29 is 4.52 Å². The van der Waals surface area contributed by atoms with Crippen LogP contribution in [0.3, 0.4) is 0 Å². The molecule has 2 heterocycles. The van der Waals surface area contributed by atoms with Gasteiger partial charge >= 0.3 is 0 Å². The van der Waals surface area contributed by atoms with Gasteiger partial charge in [-0.2, -0.15) is 4.98 Å². The summed E-state index contributed by atoms with van der Waals surface area (Å²) in [6, 6.07) is 0.563. The molecule has 0 radical (unpaired) electrons. The highest BCUT2D eigenvalue weighted by Gasteiger charge is 2.31. The smallest absolute Gasteiger partial charge is 0.227 e. The fourth-order valence-electron chi connectivity index (χ4n) is 2.34. The first-order valence-corrected chi connectivity index (χ1v) is 6.31. The van der Waals surface area contributed by atoms with Crippen LogP contribution in [-0.4, -0.2) is 35.8 Å². The van der Waals surface area contributed by atoms with Gasteiger partial charge in [0.05, 0.1) is 0 Å². The molecule has 1 fully saturated rings. The van der Waals surface area contributed by atoms with Crippen molar-refractivity contribution in [2.45, 2.75) is 39.7 Å². The van der Waals surface area contributed by atoms with Crippen LogP contribution in [0.4, 0.5) is 0 Å². The maximum absolute atomic E-state index is 5.09. The maximum Gasteiger partial charge on any atom is 0.227 e. The standard InChI is InChI=1S/C12H22N4O/c1-9-15-11(17-16-9)5-7-14-10-4-6-13-8-12(10,2)3/h10,13-14H,4-8H2,1-3H3. The van der Waals surface area contributed by atoms with Gasteiger partial charge in [0.15, 0.2) is 5.82 Å². The van der Waals surface area contributed by atoms with Crippen molar-refractivity contribution in [3.8, 4) is 0 Å². The molecule has 1 aromatic heterocycles. The molecule has 17 heavy (non-hydrogen) atoms. The summed E-state index contributed by atoms with van der Waals surface area (Å²) in [7, 11) is 0. The lowest BCUT2D eigenvalue weighted by atomic mass is 9.80. The Morgan fingerprint density at radius 2 is 2.35 bits per heavy atom. The van der Waals surface area contributed by atoms with Gasteiger partial charge in [-0.1, -0.05) is 19.0 Å². The molecule has 96 valence electrons. The Labute approximate surface area is 102 Å². The Hall–Kier alpha value is -0.940. The Bertz CT molecular complexity index is 361. The third-order valence-electron chi connectivity index (χ3n) is 3.43. The number of rotatable bonds is 4. The number of hydrogen-bond acceptors (Lipinski definition) is 5. The van der Waals surface area contributed by atoms with Crippen LogP contribution in [0.15, 0.2) is 4.52 Å². The average molecular weight is 238 g/mol. The zero-order chi connectivity index (χ0) is 12.3. The average Bonchev–Trinajstić information content (AvgIpc) is 2.67. The second-order valence-corrected chi connectivity index (χ2v) is 5.45. The maximum atomic E-state index is 5.09. The molecule has 0 spiro atoms. The van der Waals surface area contributed by atoms with Crippen LogP contribution in [-0.2, 0) is 6.42 Å². The van der Waals surface area contributed by atoms with Crippen LogP contribution in [0.25, 0.3) is 0 Å². The fourth-order valence-corrected chi connectivity index (χ4v) is 2.34. The van der Waals surface area contributed by atoms with Gasteiger partial charge < -0.3 is 15.2 Å². The number of aryl methyl sites for hydroxylation is 1. The Morgan fingerprint density at radius 3 is 3.00 bits per heavy atom. The molecule has 1 atom stereocenters. The van der Waals surface area contributed by atoms with Crippen LogP contribution in [0.5, 0.6) is 0 Å². The second-order valence-electron chi connectivity index (χ2n) is 5.45. The van der Waals surface area contributed by atoms with Crippen LogP contribution >= 0.6 is 0 Å². The molecule has 5 heteroatoms. The topological polar surface area (TPSA) is 63.0 Å². The van der Waals surface area contributed by atoms with E-state index in [1.165, 1.54) is 6.42 Å². The first-order valence-electron chi connectivity index (χ1n) is 6.31. The normalized spacial score (nSPS) is 23.8. The SMILES string of the molecule is Cc1noc(CCNC2CCNCC2(C)C)n1. The van der Waals surface area contributed by atoms with E-state index in [1.807, 2.05) is 6.92 Å². The van der Waals surface area contributed by atoms with Gasteiger partial charge in [0.2, 0.25) is 5.89 Å². The summed E-state index contributed by atoms with van der Waals surface area (Å²) >= 11 is 0. The van der Waals surface area contributed by atoms with E-state index in [0.29, 0.717) is 17.3 Å². The monoisotopic (exact) mass is 238 g/mol. The zero-order valence-electron chi connectivity index (χ0n) is 10.9. The van der Waals surface area contributed by atoms with E-state index >= 15 is 0 Å². The lowest BCUT2D eigenvalue weighted by molar-refractivity contribution is 0.185. The molecule has 1 aromatic rings. The molecule has 0 bridgehead atoms. The molecule has 5 nitrogen and oxygen atoms in total. The van der Waals surface area contributed by atoms with E-state index in [1.54, 1.807) is 0 Å². The van der Waals surface area contributed by atoms with Crippen LogP contribution in [0.1, 0.15) is 32.0 Å².